The van der Waals surface area contributed by atoms with Crippen LogP contribution in [0.2, 0.25) is 0 Å². The molecule has 2 amide bonds. The van der Waals surface area contributed by atoms with Gasteiger partial charge in [0, 0.05) is 11.3 Å². The maximum atomic E-state index is 12.3. The van der Waals surface area contributed by atoms with Crippen LogP contribution in [0.1, 0.15) is 28.3 Å². The predicted molar refractivity (Wildman–Crippen MR) is 104 cm³/mol. The number of nitrogens with zero attached hydrogens (tertiary/aromatic N) is 2. The van der Waals surface area contributed by atoms with Gasteiger partial charge >= 0.3 is 0 Å². The molecule has 0 aliphatic carbocycles. The molecular formula is C19H20N4O2S. The van der Waals surface area contributed by atoms with E-state index in [4.69, 9.17) is 5.73 Å². The lowest BCUT2D eigenvalue weighted by atomic mass is 10.2. The van der Waals surface area contributed by atoms with Crippen LogP contribution in [0.25, 0.3) is 10.2 Å². The van der Waals surface area contributed by atoms with Crippen LogP contribution in [0.5, 0.6) is 0 Å². The van der Waals surface area contributed by atoms with E-state index in [1.54, 1.807) is 35.6 Å². The molecule has 1 heterocycles. The summed E-state index contributed by atoms with van der Waals surface area (Å²) in [5, 5.41) is 3.80. The van der Waals surface area contributed by atoms with Crippen LogP contribution < -0.4 is 11.1 Å². The Morgan fingerprint density at radius 1 is 1.19 bits per heavy atom. The molecule has 7 heteroatoms. The Hall–Kier alpha value is -2.77. The summed E-state index contributed by atoms with van der Waals surface area (Å²) in [7, 11) is 1.90. The summed E-state index contributed by atoms with van der Waals surface area (Å²) in [5.74, 6) is -0.625. The zero-order valence-corrected chi connectivity index (χ0v) is 15.4. The van der Waals surface area contributed by atoms with E-state index in [0.717, 1.165) is 15.2 Å². The number of rotatable bonds is 6. The molecule has 1 aromatic heterocycles. The first-order chi connectivity index (χ1) is 12.4. The summed E-state index contributed by atoms with van der Waals surface area (Å²) in [6.45, 7) is 2.27. The van der Waals surface area contributed by atoms with Gasteiger partial charge in [-0.15, -0.1) is 11.3 Å². The topological polar surface area (TPSA) is 88.3 Å². The second-order valence-corrected chi connectivity index (χ2v) is 7.16. The number of primary amides is 1. The molecule has 3 rings (SSSR count). The largest absolute Gasteiger partial charge is 0.366 e. The van der Waals surface area contributed by atoms with Gasteiger partial charge < -0.3 is 11.1 Å². The molecule has 1 atom stereocenters. The number of hydrogen-bond donors (Lipinski definition) is 2. The first kappa shape index (κ1) is 18.0. The minimum absolute atomic E-state index is 0.0235. The Labute approximate surface area is 155 Å². The lowest BCUT2D eigenvalue weighted by Gasteiger charge is -2.22. The highest BCUT2D eigenvalue weighted by molar-refractivity contribution is 7.18. The maximum absolute atomic E-state index is 12.3. The van der Waals surface area contributed by atoms with E-state index in [0.29, 0.717) is 11.3 Å². The van der Waals surface area contributed by atoms with E-state index in [-0.39, 0.29) is 18.5 Å². The van der Waals surface area contributed by atoms with Gasteiger partial charge in [0.2, 0.25) is 11.8 Å². The van der Waals surface area contributed by atoms with Gasteiger partial charge in [0.15, 0.2) is 0 Å². The third-order valence-electron chi connectivity index (χ3n) is 4.18. The molecule has 0 radical (unpaired) electrons. The predicted octanol–water partition coefficient (Wildman–Crippen LogP) is 3.03. The molecule has 0 aliphatic heterocycles. The van der Waals surface area contributed by atoms with Crippen molar-refractivity contribution in [2.75, 3.05) is 18.9 Å². The van der Waals surface area contributed by atoms with E-state index >= 15 is 0 Å². The molecule has 2 aromatic carbocycles. The van der Waals surface area contributed by atoms with Crippen molar-refractivity contribution in [3.63, 3.8) is 0 Å². The molecule has 3 aromatic rings. The van der Waals surface area contributed by atoms with Crippen LogP contribution >= 0.6 is 11.3 Å². The van der Waals surface area contributed by atoms with Crippen LogP contribution in [0.15, 0.2) is 48.5 Å². The quantitative estimate of drug-likeness (QED) is 0.700. The number of thiazole rings is 1. The van der Waals surface area contributed by atoms with Gasteiger partial charge in [-0.1, -0.05) is 12.1 Å². The second kappa shape index (κ2) is 7.63. The number of nitrogens with one attached hydrogen (secondary N) is 1. The van der Waals surface area contributed by atoms with Crippen LogP contribution in [0.3, 0.4) is 0 Å². The van der Waals surface area contributed by atoms with Gasteiger partial charge in [0.1, 0.15) is 5.01 Å². The smallest absolute Gasteiger partial charge is 0.248 e. The Bertz CT molecular complexity index is 903. The minimum Gasteiger partial charge on any atom is -0.366 e. The standard InChI is InChI=1S/C19H20N4O2S/c1-12(19-22-15-5-3-4-6-16(15)26-19)23(2)11-17(24)21-14-9-7-13(8-10-14)18(20)25/h3-10,12H,11H2,1-2H3,(H2,20,25)(H,21,24). The first-order valence-corrected chi connectivity index (χ1v) is 9.01. The SMILES string of the molecule is CC(c1nc2ccccc2s1)N(C)CC(=O)Nc1ccc(C(N)=O)cc1. The van der Waals surface area contributed by atoms with Crippen molar-refractivity contribution in [2.45, 2.75) is 13.0 Å². The number of likely N-dealkylation sites (N-methyl/N-ethyl adjacent to an activating group) is 1. The second-order valence-electron chi connectivity index (χ2n) is 6.10. The molecule has 6 nitrogen and oxygen atoms in total. The third kappa shape index (κ3) is 4.07. The highest BCUT2D eigenvalue weighted by Crippen LogP contribution is 2.28. The van der Waals surface area contributed by atoms with Crippen molar-refractivity contribution in [2.24, 2.45) is 5.73 Å². The van der Waals surface area contributed by atoms with Gasteiger partial charge in [-0.3, -0.25) is 14.5 Å². The number of benzene rings is 2. The van der Waals surface area contributed by atoms with Gasteiger partial charge in [0.05, 0.1) is 22.8 Å². The highest BCUT2D eigenvalue weighted by Gasteiger charge is 2.18. The fraction of sp³-hybridized carbons (Fsp3) is 0.211. The Balaban J connectivity index is 1.61. The number of para-hydroxylation sites is 1. The van der Waals surface area contributed by atoms with E-state index in [9.17, 15) is 9.59 Å². The average molecular weight is 368 g/mol. The van der Waals surface area contributed by atoms with Crippen molar-refractivity contribution in [3.8, 4) is 0 Å². The molecule has 1 unspecified atom stereocenters. The van der Waals surface area contributed by atoms with Crippen molar-refractivity contribution < 1.29 is 9.59 Å². The van der Waals surface area contributed by atoms with E-state index in [1.807, 2.05) is 43.1 Å². The monoisotopic (exact) mass is 368 g/mol. The number of nitrogens with two attached hydrogens (primary N) is 1. The summed E-state index contributed by atoms with van der Waals surface area (Å²) in [5.41, 5.74) is 7.22. The molecule has 0 saturated heterocycles. The van der Waals surface area contributed by atoms with Crippen LogP contribution in [0, 0.1) is 0 Å². The minimum atomic E-state index is -0.493. The maximum Gasteiger partial charge on any atom is 0.248 e. The van der Waals surface area contributed by atoms with E-state index in [2.05, 4.69) is 10.3 Å². The molecule has 0 aliphatic rings. The number of hydrogen-bond acceptors (Lipinski definition) is 5. The number of fused-ring (bicyclic) bond motifs is 1. The van der Waals surface area contributed by atoms with Crippen LogP contribution in [-0.4, -0.2) is 35.3 Å². The number of aromatic nitrogens is 1. The molecule has 26 heavy (non-hydrogen) atoms. The normalized spacial score (nSPS) is 12.3. The summed E-state index contributed by atoms with van der Waals surface area (Å²) >= 11 is 1.64. The Morgan fingerprint density at radius 3 is 2.54 bits per heavy atom. The van der Waals surface area contributed by atoms with Gasteiger partial charge in [-0.25, -0.2) is 4.98 Å². The summed E-state index contributed by atoms with van der Waals surface area (Å²) in [6.07, 6.45) is 0. The molecule has 0 fully saturated rings. The summed E-state index contributed by atoms with van der Waals surface area (Å²) in [6, 6.07) is 14.5. The lowest BCUT2D eigenvalue weighted by molar-refractivity contribution is -0.117. The summed E-state index contributed by atoms with van der Waals surface area (Å²) < 4.78 is 1.14. The van der Waals surface area contributed by atoms with E-state index in [1.165, 1.54) is 0 Å². The molecule has 0 spiro atoms. The zero-order chi connectivity index (χ0) is 18.7. The number of carbonyl (C=O) groups excluding carboxylic acids is 2. The molecule has 134 valence electrons. The molecular weight excluding hydrogens is 348 g/mol. The van der Waals surface area contributed by atoms with E-state index < -0.39 is 5.91 Å². The lowest BCUT2D eigenvalue weighted by Crippen LogP contribution is -2.32. The first-order valence-electron chi connectivity index (χ1n) is 8.19. The third-order valence-corrected chi connectivity index (χ3v) is 5.38. The van der Waals surface area contributed by atoms with Crippen molar-refractivity contribution in [3.05, 3.63) is 59.1 Å². The fourth-order valence-corrected chi connectivity index (χ4v) is 3.62. The average Bonchev–Trinajstić information content (AvgIpc) is 3.05. The number of anilines is 1. The van der Waals surface area contributed by atoms with Crippen molar-refractivity contribution in [1.29, 1.82) is 0 Å². The van der Waals surface area contributed by atoms with Gasteiger partial charge in [0.25, 0.3) is 0 Å². The van der Waals surface area contributed by atoms with Crippen molar-refractivity contribution in [1.82, 2.24) is 9.88 Å². The highest BCUT2D eigenvalue weighted by atomic mass is 32.1. The Kier molecular flexibility index (Phi) is 5.29. The van der Waals surface area contributed by atoms with Crippen LogP contribution in [0.4, 0.5) is 5.69 Å². The molecule has 0 saturated carbocycles. The molecule has 0 bridgehead atoms. The number of amides is 2. The summed E-state index contributed by atoms with van der Waals surface area (Å²) in [4.78, 5) is 30.0. The van der Waals surface area contributed by atoms with Crippen LogP contribution in [-0.2, 0) is 4.79 Å². The van der Waals surface area contributed by atoms with Crippen molar-refractivity contribution >= 4 is 39.1 Å². The zero-order valence-electron chi connectivity index (χ0n) is 14.6. The number of carbonyl (C=O) groups is 2. The molecule has 3 N–H and O–H groups in total. The Morgan fingerprint density at radius 2 is 1.88 bits per heavy atom. The van der Waals surface area contributed by atoms with Gasteiger partial charge in [-0.2, -0.15) is 0 Å². The fourth-order valence-electron chi connectivity index (χ4n) is 2.54. The van der Waals surface area contributed by atoms with Gasteiger partial charge in [-0.05, 0) is 50.4 Å².